The highest BCUT2D eigenvalue weighted by atomic mass is 16.5. The number of carbonyl (C=O) groups excluding carboxylic acids is 1. The second-order valence-electron chi connectivity index (χ2n) is 4.90. The maximum Gasteiger partial charge on any atom is 0.248 e. The normalized spacial score (nSPS) is 15.9. The number of amides is 1. The molecule has 106 valence electrons. The van der Waals surface area contributed by atoms with E-state index in [-0.39, 0.29) is 12.5 Å². The van der Waals surface area contributed by atoms with E-state index in [2.05, 4.69) is 11.0 Å². The van der Waals surface area contributed by atoms with Crippen molar-refractivity contribution in [3.63, 3.8) is 0 Å². The largest absolute Gasteiger partial charge is 0.375 e. The summed E-state index contributed by atoms with van der Waals surface area (Å²) in [6.07, 6.45) is 0. The highest BCUT2D eigenvalue weighted by Gasteiger charge is 2.20. The van der Waals surface area contributed by atoms with Gasteiger partial charge in [0.1, 0.15) is 6.61 Å². The Labute approximate surface area is 119 Å². The Kier molecular flexibility index (Phi) is 5.10. The molecule has 1 fully saturated rings. The average molecular weight is 273 g/mol. The molecule has 1 aromatic rings. The van der Waals surface area contributed by atoms with Gasteiger partial charge in [-0.25, -0.2) is 0 Å². The number of nitriles is 1. The SMILES string of the molecule is COCC(=O)N1CCN(Cc2ccc(C#N)cc2)CC1. The third-order valence-corrected chi connectivity index (χ3v) is 3.48. The molecule has 0 bridgehead atoms. The minimum absolute atomic E-state index is 0.0607. The molecular formula is C15H19N3O2. The van der Waals surface area contributed by atoms with Crippen LogP contribution in [0.15, 0.2) is 24.3 Å². The first kappa shape index (κ1) is 14.5. The highest BCUT2D eigenvalue weighted by Crippen LogP contribution is 2.10. The molecule has 0 aromatic heterocycles. The minimum Gasteiger partial charge on any atom is -0.375 e. The number of rotatable bonds is 4. The summed E-state index contributed by atoms with van der Waals surface area (Å²) in [5.74, 6) is 0.0607. The van der Waals surface area contributed by atoms with Gasteiger partial charge in [0.2, 0.25) is 5.91 Å². The standard InChI is InChI=1S/C15H19N3O2/c1-20-12-15(19)18-8-6-17(7-9-18)11-14-4-2-13(10-16)3-5-14/h2-5H,6-9,11-12H2,1H3. The molecule has 1 saturated heterocycles. The van der Waals surface area contributed by atoms with Crippen molar-refractivity contribution < 1.29 is 9.53 Å². The molecule has 0 saturated carbocycles. The Balaban J connectivity index is 1.82. The predicted octanol–water partition coefficient (Wildman–Crippen LogP) is 0.849. The lowest BCUT2D eigenvalue weighted by Crippen LogP contribution is -2.49. The second-order valence-corrected chi connectivity index (χ2v) is 4.90. The lowest BCUT2D eigenvalue weighted by atomic mass is 10.1. The number of hydrogen-bond donors (Lipinski definition) is 0. The smallest absolute Gasteiger partial charge is 0.248 e. The molecule has 5 nitrogen and oxygen atoms in total. The van der Waals surface area contributed by atoms with Crippen LogP contribution in [-0.2, 0) is 16.1 Å². The molecule has 0 unspecified atom stereocenters. The minimum atomic E-state index is 0.0607. The summed E-state index contributed by atoms with van der Waals surface area (Å²) in [6.45, 7) is 4.26. The number of hydrogen-bond acceptors (Lipinski definition) is 4. The highest BCUT2D eigenvalue weighted by molar-refractivity contribution is 5.77. The summed E-state index contributed by atoms with van der Waals surface area (Å²) in [5, 5.41) is 8.77. The average Bonchev–Trinajstić information content (AvgIpc) is 2.49. The monoisotopic (exact) mass is 273 g/mol. The summed E-state index contributed by atoms with van der Waals surface area (Å²) in [5.41, 5.74) is 1.88. The number of nitrogens with zero attached hydrogens (tertiary/aromatic N) is 3. The van der Waals surface area contributed by atoms with Gasteiger partial charge in [-0.3, -0.25) is 9.69 Å². The van der Waals surface area contributed by atoms with E-state index in [9.17, 15) is 4.79 Å². The predicted molar refractivity (Wildman–Crippen MR) is 74.9 cm³/mol. The van der Waals surface area contributed by atoms with Gasteiger partial charge in [0.05, 0.1) is 11.6 Å². The van der Waals surface area contributed by atoms with E-state index in [4.69, 9.17) is 10.00 Å². The van der Waals surface area contributed by atoms with Crippen molar-refractivity contribution in [2.45, 2.75) is 6.54 Å². The third-order valence-electron chi connectivity index (χ3n) is 3.48. The van der Waals surface area contributed by atoms with Crippen LogP contribution in [0.1, 0.15) is 11.1 Å². The van der Waals surface area contributed by atoms with Gasteiger partial charge in [0.15, 0.2) is 0 Å². The van der Waals surface area contributed by atoms with Crippen molar-refractivity contribution in [2.75, 3.05) is 39.9 Å². The third kappa shape index (κ3) is 3.80. The Morgan fingerprint density at radius 1 is 1.25 bits per heavy atom. The van der Waals surface area contributed by atoms with Crippen LogP contribution < -0.4 is 0 Å². The van der Waals surface area contributed by atoms with Crippen molar-refractivity contribution in [1.29, 1.82) is 5.26 Å². The lowest BCUT2D eigenvalue weighted by Gasteiger charge is -2.34. The first-order valence-electron chi connectivity index (χ1n) is 6.71. The van der Waals surface area contributed by atoms with Gasteiger partial charge in [-0.1, -0.05) is 12.1 Å². The molecule has 20 heavy (non-hydrogen) atoms. The number of carbonyl (C=O) groups is 1. The van der Waals surface area contributed by atoms with Crippen molar-refractivity contribution in [1.82, 2.24) is 9.80 Å². The maximum atomic E-state index is 11.7. The maximum absolute atomic E-state index is 11.7. The van der Waals surface area contributed by atoms with Crippen molar-refractivity contribution in [2.24, 2.45) is 0 Å². The van der Waals surface area contributed by atoms with Crippen LogP contribution in [0, 0.1) is 11.3 Å². The lowest BCUT2D eigenvalue weighted by molar-refractivity contribution is -0.136. The van der Waals surface area contributed by atoms with E-state index < -0.39 is 0 Å². The van der Waals surface area contributed by atoms with Crippen LogP contribution in [0.3, 0.4) is 0 Å². The van der Waals surface area contributed by atoms with E-state index in [0.29, 0.717) is 5.56 Å². The van der Waals surface area contributed by atoms with Gasteiger partial charge >= 0.3 is 0 Å². The summed E-state index contributed by atoms with van der Waals surface area (Å²) in [6, 6.07) is 9.77. The van der Waals surface area contributed by atoms with Crippen molar-refractivity contribution in [3.05, 3.63) is 35.4 Å². The van der Waals surface area contributed by atoms with Crippen LogP contribution in [0.5, 0.6) is 0 Å². The topological polar surface area (TPSA) is 56.6 Å². The Morgan fingerprint density at radius 3 is 2.45 bits per heavy atom. The molecule has 1 aromatic carbocycles. The van der Waals surface area contributed by atoms with Crippen LogP contribution >= 0.6 is 0 Å². The van der Waals surface area contributed by atoms with Crippen LogP contribution in [0.25, 0.3) is 0 Å². The van der Waals surface area contributed by atoms with Gasteiger partial charge in [0.25, 0.3) is 0 Å². The molecule has 1 aliphatic rings. The van der Waals surface area contributed by atoms with Crippen LogP contribution in [-0.4, -0.2) is 55.6 Å². The summed E-state index contributed by atoms with van der Waals surface area (Å²) in [7, 11) is 1.54. The quantitative estimate of drug-likeness (QED) is 0.816. The van der Waals surface area contributed by atoms with E-state index in [1.165, 1.54) is 5.56 Å². The molecule has 1 heterocycles. The molecule has 5 heteroatoms. The van der Waals surface area contributed by atoms with Crippen molar-refractivity contribution >= 4 is 5.91 Å². The van der Waals surface area contributed by atoms with Gasteiger partial charge < -0.3 is 9.64 Å². The molecule has 1 amide bonds. The van der Waals surface area contributed by atoms with Gasteiger partial charge in [-0.2, -0.15) is 5.26 Å². The molecule has 0 radical (unpaired) electrons. The Morgan fingerprint density at radius 2 is 1.90 bits per heavy atom. The zero-order valence-corrected chi connectivity index (χ0v) is 11.7. The van der Waals surface area contributed by atoms with Crippen LogP contribution in [0.2, 0.25) is 0 Å². The molecular weight excluding hydrogens is 254 g/mol. The fourth-order valence-electron chi connectivity index (χ4n) is 2.31. The Hall–Kier alpha value is -1.90. The molecule has 1 aliphatic heterocycles. The fourth-order valence-corrected chi connectivity index (χ4v) is 2.31. The summed E-state index contributed by atoms with van der Waals surface area (Å²) < 4.78 is 4.87. The second kappa shape index (κ2) is 7.04. The van der Waals surface area contributed by atoms with E-state index in [0.717, 1.165) is 32.7 Å². The number of piperazine rings is 1. The van der Waals surface area contributed by atoms with Gasteiger partial charge in [0, 0.05) is 39.8 Å². The molecule has 0 aliphatic carbocycles. The summed E-state index contributed by atoms with van der Waals surface area (Å²) in [4.78, 5) is 15.8. The van der Waals surface area contributed by atoms with Crippen LogP contribution in [0.4, 0.5) is 0 Å². The van der Waals surface area contributed by atoms with Gasteiger partial charge in [-0.15, -0.1) is 0 Å². The zero-order valence-electron chi connectivity index (χ0n) is 11.7. The van der Waals surface area contributed by atoms with Crippen molar-refractivity contribution in [3.8, 4) is 6.07 Å². The molecule has 0 N–H and O–H groups in total. The molecule has 2 rings (SSSR count). The van der Waals surface area contributed by atoms with E-state index in [1.54, 1.807) is 7.11 Å². The Bertz CT molecular complexity index is 485. The number of methoxy groups -OCH3 is 1. The first-order valence-corrected chi connectivity index (χ1v) is 6.71. The first-order chi connectivity index (χ1) is 9.72. The molecule has 0 spiro atoms. The molecule has 0 atom stereocenters. The summed E-state index contributed by atoms with van der Waals surface area (Å²) >= 11 is 0. The van der Waals surface area contributed by atoms with E-state index in [1.807, 2.05) is 29.2 Å². The number of ether oxygens (including phenoxy) is 1. The van der Waals surface area contributed by atoms with E-state index >= 15 is 0 Å². The number of benzene rings is 1. The van der Waals surface area contributed by atoms with Gasteiger partial charge in [-0.05, 0) is 17.7 Å². The zero-order chi connectivity index (χ0) is 14.4. The fraction of sp³-hybridized carbons (Fsp3) is 0.467.